The number of benzene rings is 3. The van der Waals surface area contributed by atoms with Gasteiger partial charge >= 0.3 is 0 Å². The van der Waals surface area contributed by atoms with E-state index >= 15 is 0 Å². The van der Waals surface area contributed by atoms with Gasteiger partial charge in [0.25, 0.3) is 15.9 Å². The minimum absolute atomic E-state index is 0.0333. The number of allylic oxidation sites excluding steroid dienone is 1. The maximum absolute atomic E-state index is 14.1. The van der Waals surface area contributed by atoms with Crippen LogP contribution in [-0.4, -0.2) is 33.5 Å². The highest BCUT2D eigenvalue weighted by atomic mass is 35.5. The highest BCUT2D eigenvalue weighted by Crippen LogP contribution is 2.53. The fourth-order valence-corrected chi connectivity index (χ4v) is 7.89. The van der Waals surface area contributed by atoms with Crippen molar-refractivity contribution in [3.8, 4) is 0 Å². The number of hydrogen-bond donors (Lipinski definition) is 2. The first-order chi connectivity index (χ1) is 18.8. The summed E-state index contributed by atoms with van der Waals surface area (Å²) in [4.78, 5) is 13.3. The number of fused-ring (bicyclic) bond motifs is 2. The van der Waals surface area contributed by atoms with Crippen LogP contribution >= 0.6 is 11.6 Å². The van der Waals surface area contributed by atoms with Crippen LogP contribution in [0, 0.1) is 5.82 Å². The predicted octanol–water partition coefficient (Wildman–Crippen LogP) is 5.57. The molecule has 1 fully saturated rings. The van der Waals surface area contributed by atoms with E-state index in [1.807, 2.05) is 24.3 Å². The zero-order chi connectivity index (χ0) is 27.6. The van der Waals surface area contributed by atoms with E-state index in [1.165, 1.54) is 16.4 Å². The Morgan fingerprint density at radius 2 is 1.85 bits per heavy atom. The molecule has 5 rings (SSSR count). The van der Waals surface area contributed by atoms with Gasteiger partial charge in [0.1, 0.15) is 5.82 Å². The fourth-order valence-electron chi connectivity index (χ4n) is 5.92. The Bertz CT molecular complexity index is 1490. The summed E-state index contributed by atoms with van der Waals surface area (Å²) >= 11 is 6.26. The van der Waals surface area contributed by atoms with Crippen molar-refractivity contribution in [3.63, 3.8) is 0 Å². The van der Waals surface area contributed by atoms with Crippen molar-refractivity contribution in [2.75, 3.05) is 17.4 Å². The van der Waals surface area contributed by atoms with Crippen LogP contribution in [0.15, 0.2) is 84.3 Å². The zero-order valence-corrected chi connectivity index (χ0v) is 23.1. The molecule has 1 saturated heterocycles. The number of anilines is 1. The Kier molecular flexibility index (Phi) is 7.80. The lowest BCUT2D eigenvalue weighted by Crippen LogP contribution is -2.51. The smallest absolute Gasteiger partial charge is 0.264 e. The van der Waals surface area contributed by atoms with Gasteiger partial charge in [-0.25, -0.2) is 12.8 Å². The van der Waals surface area contributed by atoms with Crippen molar-refractivity contribution >= 4 is 33.2 Å². The van der Waals surface area contributed by atoms with Gasteiger partial charge in [-0.15, -0.1) is 6.58 Å². The predicted molar refractivity (Wildman–Crippen MR) is 152 cm³/mol. The van der Waals surface area contributed by atoms with E-state index in [0.717, 1.165) is 49.2 Å². The van der Waals surface area contributed by atoms with Crippen LogP contribution in [0.2, 0.25) is 5.02 Å². The summed E-state index contributed by atoms with van der Waals surface area (Å²) in [5, 5.41) is 6.91. The second kappa shape index (κ2) is 11.1. The maximum atomic E-state index is 14.1. The van der Waals surface area contributed by atoms with E-state index in [9.17, 15) is 17.6 Å². The molecule has 2 heterocycles. The van der Waals surface area contributed by atoms with Gasteiger partial charge in [0.15, 0.2) is 0 Å². The molecule has 1 amide bonds. The normalized spacial score (nSPS) is 18.1. The molecule has 39 heavy (non-hydrogen) atoms. The second-order valence-electron chi connectivity index (χ2n) is 10.0. The summed E-state index contributed by atoms with van der Waals surface area (Å²) in [5.41, 5.74) is 2.22. The number of halogens is 2. The summed E-state index contributed by atoms with van der Waals surface area (Å²) in [6, 6.07) is 17.1. The van der Waals surface area contributed by atoms with Crippen molar-refractivity contribution in [2.24, 2.45) is 0 Å². The third-order valence-electron chi connectivity index (χ3n) is 7.86. The summed E-state index contributed by atoms with van der Waals surface area (Å²) in [6.45, 7) is 5.61. The van der Waals surface area contributed by atoms with Crippen LogP contribution in [0.3, 0.4) is 0 Å². The van der Waals surface area contributed by atoms with E-state index in [-0.39, 0.29) is 23.4 Å². The molecule has 1 atom stereocenters. The summed E-state index contributed by atoms with van der Waals surface area (Å²) in [6.07, 6.45) is 4.46. The lowest BCUT2D eigenvalue weighted by Gasteiger charge is -2.42. The van der Waals surface area contributed by atoms with Crippen LogP contribution in [0.1, 0.15) is 47.2 Å². The molecule has 3 aromatic carbocycles. The Hall–Kier alpha value is -3.20. The maximum Gasteiger partial charge on any atom is 0.264 e. The van der Waals surface area contributed by atoms with Gasteiger partial charge in [0.05, 0.1) is 16.6 Å². The van der Waals surface area contributed by atoms with E-state index < -0.39 is 21.3 Å². The molecular weight excluding hydrogens is 537 g/mol. The van der Waals surface area contributed by atoms with E-state index in [4.69, 9.17) is 11.6 Å². The van der Waals surface area contributed by atoms with Gasteiger partial charge in [-0.2, -0.15) is 0 Å². The number of rotatable bonds is 8. The number of carbonyl (C=O) groups is 1. The van der Waals surface area contributed by atoms with Gasteiger partial charge in [-0.3, -0.25) is 9.10 Å². The summed E-state index contributed by atoms with van der Waals surface area (Å²) < 4.78 is 43.3. The highest BCUT2D eigenvalue weighted by Gasteiger charge is 2.54. The minimum atomic E-state index is -4.01. The van der Waals surface area contributed by atoms with Crippen molar-refractivity contribution in [1.82, 2.24) is 10.6 Å². The minimum Gasteiger partial charge on any atom is -0.348 e. The average Bonchev–Trinajstić information content (AvgIpc) is 3.20. The summed E-state index contributed by atoms with van der Waals surface area (Å²) in [5.74, 6) is -0.759. The number of nitrogens with zero attached hydrogens (tertiary/aromatic N) is 1. The van der Waals surface area contributed by atoms with E-state index in [1.54, 1.807) is 24.3 Å². The molecule has 1 spiro atoms. The van der Waals surface area contributed by atoms with Crippen LogP contribution in [0.4, 0.5) is 10.1 Å². The molecule has 9 heteroatoms. The molecule has 0 aliphatic carbocycles. The van der Waals surface area contributed by atoms with Gasteiger partial charge in [0.2, 0.25) is 0 Å². The molecule has 2 aliphatic rings. The molecule has 2 aliphatic heterocycles. The third kappa shape index (κ3) is 5.09. The topological polar surface area (TPSA) is 78.5 Å². The fraction of sp³-hybridized carbons (Fsp3) is 0.300. The number of piperidine rings is 1. The molecule has 3 aromatic rings. The first-order valence-corrected chi connectivity index (χ1v) is 14.9. The van der Waals surface area contributed by atoms with Crippen LogP contribution in [0.25, 0.3) is 0 Å². The summed E-state index contributed by atoms with van der Waals surface area (Å²) in [7, 11) is -4.01. The van der Waals surface area contributed by atoms with Crippen molar-refractivity contribution in [3.05, 3.63) is 107 Å². The number of amides is 1. The molecule has 0 radical (unpaired) electrons. The van der Waals surface area contributed by atoms with Gasteiger partial charge in [0, 0.05) is 22.5 Å². The lowest BCUT2D eigenvalue weighted by atomic mass is 9.68. The van der Waals surface area contributed by atoms with Crippen molar-refractivity contribution in [2.45, 2.75) is 48.6 Å². The van der Waals surface area contributed by atoms with Crippen molar-refractivity contribution in [1.29, 1.82) is 0 Å². The molecule has 0 aromatic heterocycles. The first kappa shape index (κ1) is 27.4. The molecule has 6 nitrogen and oxygen atoms in total. The van der Waals surface area contributed by atoms with E-state index in [2.05, 4.69) is 17.2 Å². The lowest BCUT2D eigenvalue weighted by molar-refractivity contribution is 0.0950. The Labute approximate surface area is 233 Å². The van der Waals surface area contributed by atoms with Crippen LogP contribution in [-0.2, 0) is 22.0 Å². The van der Waals surface area contributed by atoms with Crippen LogP contribution in [0.5, 0.6) is 0 Å². The van der Waals surface area contributed by atoms with Crippen molar-refractivity contribution < 1.29 is 17.6 Å². The van der Waals surface area contributed by atoms with Gasteiger partial charge in [-0.1, -0.05) is 35.9 Å². The second-order valence-corrected chi connectivity index (χ2v) is 12.3. The molecule has 0 bridgehead atoms. The highest BCUT2D eigenvalue weighted by molar-refractivity contribution is 7.92. The zero-order valence-electron chi connectivity index (χ0n) is 21.5. The number of carbonyl (C=O) groups excluding carboxylic acids is 1. The number of nitrogens with one attached hydrogen (secondary N) is 2. The standard InChI is InChI=1S/C30H31ClFN3O3S/c1-2-3-8-28-30(15-17-33-18-16-30)25-19-21(29(36)34-20-22-6-4-5-7-26(22)31)9-14-27(25)35(28)39(37,38)24-12-10-23(32)11-13-24/h2,4-7,9-14,19,28,33H,1,3,8,15-18,20H2,(H,34,36). The Morgan fingerprint density at radius 3 is 2.54 bits per heavy atom. The first-order valence-electron chi connectivity index (χ1n) is 13.1. The Morgan fingerprint density at radius 1 is 1.13 bits per heavy atom. The van der Waals surface area contributed by atoms with E-state index in [0.29, 0.717) is 29.1 Å². The molecular formula is C30H31ClFN3O3S. The quantitative estimate of drug-likeness (QED) is 0.349. The van der Waals surface area contributed by atoms with Gasteiger partial charge in [-0.05, 0) is 98.4 Å². The largest absolute Gasteiger partial charge is 0.348 e. The van der Waals surface area contributed by atoms with Gasteiger partial charge < -0.3 is 10.6 Å². The number of sulfonamides is 1. The average molecular weight is 568 g/mol. The molecule has 204 valence electrons. The number of hydrogen-bond acceptors (Lipinski definition) is 4. The third-order valence-corrected chi connectivity index (χ3v) is 10.1. The van der Waals surface area contributed by atoms with Crippen LogP contribution < -0.4 is 14.9 Å². The Balaban J connectivity index is 1.57. The molecule has 2 N–H and O–H groups in total. The molecule has 0 saturated carbocycles. The SMILES string of the molecule is C=CCCC1N(S(=O)(=O)c2ccc(F)cc2)c2ccc(C(=O)NCc3ccccc3Cl)cc2C12CCNCC2. The molecule has 1 unspecified atom stereocenters. The monoisotopic (exact) mass is 567 g/mol.